The first-order valence-electron chi connectivity index (χ1n) is 6.38. The maximum atomic E-state index is 5.51. The van der Waals surface area contributed by atoms with E-state index in [4.69, 9.17) is 4.74 Å². The highest BCUT2D eigenvalue weighted by molar-refractivity contribution is 5.51. The average molecular weight is 252 g/mol. The lowest BCUT2D eigenvalue weighted by Gasteiger charge is -2.11. The van der Waals surface area contributed by atoms with Gasteiger partial charge < -0.3 is 20.3 Å². The molecule has 0 saturated heterocycles. The highest BCUT2D eigenvalue weighted by Gasteiger charge is 1.96. The number of nitrogens with one attached hydrogen (secondary N) is 2. The van der Waals surface area contributed by atoms with E-state index in [9.17, 15) is 0 Å². The second kappa shape index (κ2) is 8.72. The quantitative estimate of drug-likeness (QED) is 0.652. The summed E-state index contributed by atoms with van der Waals surface area (Å²) in [5.41, 5.74) is 1.07. The molecule has 0 unspecified atom stereocenters. The number of likely N-dealkylation sites (N-methyl/N-ethyl adjacent to an activating group) is 1. The molecule has 0 aliphatic heterocycles. The molecular formula is C13H24N4O. The van der Waals surface area contributed by atoms with Gasteiger partial charge in [0, 0.05) is 37.6 Å². The van der Waals surface area contributed by atoms with Crippen LogP contribution in [0.1, 0.15) is 6.92 Å². The molecule has 0 bridgehead atoms. The van der Waals surface area contributed by atoms with E-state index in [2.05, 4.69) is 27.4 Å². The molecule has 0 saturated carbocycles. The van der Waals surface area contributed by atoms with Crippen LogP contribution < -0.4 is 10.6 Å². The van der Waals surface area contributed by atoms with Gasteiger partial charge in [-0.2, -0.15) is 0 Å². The maximum absolute atomic E-state index is 5.51. The van der Waals surface area contributed by atoms with Crippen molar-refractivity contribution in [2.45, 2.75) is 6.92 Å². The predicted molar refractivity (Wildman–Crippen MR) is 76.3 cm³/mol. The van der Waals surface area contributed by atoms with Crippen LogP contribution in [0.5, 0.6) is 0 Å². The molecule has 5 heteroatoms. The first-order chi connectivity index (χ1) is 8.72. The molecule has 0 amide bonds. The molecule has 0 radical (unpaired) electrons. The Morgan fingerprint density at radius 2 is 2.11 bits per heavy atom. The van der Waals surface area contributed by atoms with Crippen LogP contribution in [0.4, 0.5) is 11.5 Å². The van der Waals surface area contributed by atoms with Gasteiger partial charge >= 0.3 is 0 Å². The first-order valence-corrected chi connectivity index (χ1v) is 6.38. The Kier molecular flexibility index (Phi) is 7.13. The fourth-order valence-corrected chi connectivity index (χ4v) is 1.44. The molecule has 0 aliphatic carbocycles. The molecule has 0 fully saturated rings. The molecule has 2 N–H and O–H groups in total. The lowest BCUT2D eigenvalue weighted by atomic mass is 10.4. The molecule has 0 aromatic carbocycles. The van der Waals surface area contributed by atoms with Gasteiger partial charge in [0.1, 0.15) is 5.82 Å². The molecule has 1 heterocycles. The van der Waals surface area contributed by atoms with E-state index in [-0.39, 0.29) is 0 Å². The molecule has 1 aromatic heterocycles. The van der Waals surface area contributed by atoms with Crippen molar-refractivity contribution in [2.75, 3.05) is 57.6 Å². The van der Waals surface area contributed by atoms with Crippen LogP contribution in [0.3, 0.4) is 0 Å². The molecule has 102 valence electrons. The molecule has 0 spiro atoms. The molecule has 18 heavy (non-hydrogen) atoms. The summed E-state index contributed by atoms with van der Waals surface area (Å²) >= 11 is 0. The van der Waals surface area contributed by atoms with Crippen LogP contribution in [0.2, 0.25) is 0 Å². The number of rotatable bonds is 9. The summed E-state index contributed by atoms with van der Waals surface area (Å²) in [6, 6.07) is 3.96. The fourth-order valence-electron chi connectivity index (χ4n) is 1.44. The third-order valence-electron chi connectivity index (χ3n) is 2.38. The lowest BCUT2D eigenvalue weighted by molar-refractivity contribution is 0.126. The van der Waals surface area contributed by atoms with Crippen molar-refractivity contribution in [3.05, 3.63) is 18.3 Å². The Morgan fingerprint density at radius 1 is 1.28 bits per heavy atom. The van der Waals surface area contributed by atoms with Gasteiger partial charge in [0.05, 0.1) is 13.2 Å². The van der Waals surface area contributed by atoms with Crippen molar-refractivity contribution in [3.63, 3.8) is 0 Å². The molecule has 1 aromatic rings. The molecule has 0 aliphatic rings. The number of hydrogen-bond donors (Lipinski definition) is 2. The van der Waals surface area contributed by atoms with E-state index >= 15 is 0 Å². The zero-order valence-electron chi connectivity index (χ0n) is 11.6. The van der Waals surface area contributed by atoms with Gasteiger partial charge in [0.2, 0.25) is 0 Å². The minimum absolute atomic E-state index is 0.715. The van der Waals surface area contributed by atoms with Crippen LogP contribution in [0.25, 0.3) is 0 Å². The third-order valence-corrected chi connectivity index (χ3v) is 2.38. The Morgan fingerprint density at radius 3 is 2.83 bits per heavy atom. The van der Waals surface area contributed by atoms with E-state index in [1.807, 2.05) is 26.2 Å². The molecule has 1 rings (SSSR count). The number of aromatic nitrogens is 1. The summed E-state index contributed by atoms with van der Waals surface area (Å²) < 4.78 is 5.51. The van der Waals surface area contributed by atoms with E-state index in [0.717, 1.165) is 37.7 Å². The van der Waals surface area contributed by atoms with Gasteiger partial charge in [-0.3, -0.25) is 0 Å². The summed E-state index contributed by atoms with van der Waals surface area (Å²) in [5, 5.41) is 6.50. The Labute approximate surface area is 110 Å². The normalized spacial score (nSPS) is 10.7. The van der Waals surface area contributed by atoms with Crippen molar-refractivity contribution < 1.29 is 4.74 Å². The molecule has 0 atom stereocenters. The zero-order valence-corrected chi connectivity index (χ0v) is 11.6. The van der Waals surface area contributed by atoms with Crippen molar-refractivity contribution in [1.29, 1.82) is 0 Å². The number of pyridine rings is 1. The van der Waals surface area contributed by atoms with Crippen LogP contribution in [0.15, 0.2) is 18.3 Å². The second-order valence-electron chi connectivity index (χ2n) is 4.30. The topological polar surface area (TPSA) is 49.4 Å². The van der Waals surface area contributed by atoms with Crippen molar-refractivity contribution in [1.82, 2.24) is 9.88 Å². The van der Waals surface area contributed by atoms with Gasteiger partial charge in [-0.25, -0.2) is 4.98 Å². The fraction of sp³-hybridized carbons (Fsp3) is 0.615. The predicted octanol–water partition coefficient (Wildman–Crippen LogP) is 1.50. The lowest BCUT2D eigenvalue weighted by Crippen LogP contribution is -2.20. The average Bonchev–Trinajstić information content (AvgIpc) is 2.34. The van der Waals surface area contributed by atoms with E-state index in [1.54, 1.807) is 6.20 Å². The van der Waals surface area contributed by atoms with E-state index in [1.165, 1.54) is 0 Å². The SMILES string of the molecule is CCNc1cc(NCCOCCN(C)C)ccn1. The summed E-state index contributed by atoms with van der Waals surface area (Å²) in [7, 11) is 4.08. The van der Waals surface area contributed by atoms with Crippen LogP contribution in [-0.2, 0) is 4.74 Å². The van der Waals surface area contributed by atoms with Crippen molar-refractivity contribution in [2.24, 2.45) is 0 Å². The van der Waals surface area contributed by atoms with Crippen LogP contribution in [-0.4, -0.2) is 56.8 Å². The Balaban J connectivity index is 2.16. The van der Waals surface area contributed by atoms with Crippen molar-refractivity contribution >= 4 is 11.5 Å². The summed E-state index contributed by atoms with van der Waals surface area (Å²) in [5.74, 6) is 0.899. The number of hydrogen-bond acceptors (Lipinski definition) is 5. The summed E-state index contributed by atoms with van der Waals surface area (Å²) in [6.45, 7) is 6.19. The zero-order chi connectivity index (χ0) is 13.2. The van der Waals surface area contributed by atoms with Crippen LogP contribution >= 0.6 is 0 Å². The van der Waals surface area contributed by atoms with Crippen molar-refractivity contribution in [3.8, 4) is 0 Å². The van der Waals surface area contributed by atoms with Crippen LogP contribution in [0, 0.1) is 0 Å². The number of anilines is 2. The van der Waals surface area contributed by atoms with Gasteiger partial charge in [0.25, 0.3) is 0 Å². The smallest absolute Gasteiger partial charge is 0.127 e. The maximum Gasteiger partial charge on any atom is 0.127 e. The third kappa shape index (κ3) is 6.42. The first kappa shape index (κ1) is 14.7. The van der Waals surface area contributed by atoms with Gasteiger partial charge in [0.15, 0.2) is 0 Å². The summed E-state index contributed by atoms with van der Waals surface area (Å²) in [6.07, 6.45) is 1.80. The Hall–Kier alpha value is -1.33. The highest BCUT2D eigenvalue weighted by Crippen LogP contribution is 2.10. The van der Waals surface area contributed by atoms with E-state index in [0.29, 0.717) is 6.61 Å². The molecular weight excluding hydrogens is 228 g/mol. The standard InChI is InChI=1S/C13H24N4O/c1-4-14-13-11-12(5-6-16-13)15-7-9-18-10-8-17(2)3/h5-6,11H,4,7-10H2,1-3H3,(H2,14,15,16). The summed E-state index contributed by atoms with van der Waals surface area (Å²) in [4.78, 5) is 6.33. The minimum atomic E-state index is 0.715. The largest absolute Gasteiger partial charge is 0.383 e. The van der Waals surface area contributed by atoms with Gasteiger partial charge in [-0.05, 0) is 27.1 Å². The number of nitrogens with zero attached hydrogens (tertiary/aromatic N) is 2. The number of ether oxygens (including phenoxy) is 1. The minimum Gasteiger partial charge on any atom is -0.383 e. The highest BCUT2D eigenvalue weighted by atomic mass is 16.5. The second-order valence-corrected chi connectivity index (χ2v) is 4.30. The van der Waals surface area contributed by atoms with E-state index < -0.39 is 0 Å². The Bertz CT molecular complexity index is 331. The monoisotopic (exact) mass is 252 g/mol. The van der Waals surface area contributed by atoms with Gasteiger partial charge in [-0.1, -0.05) is 0 Å². The van der Waals surface area contributed by atoms with Gasteiger partial charge in [-0.15, -0.1) is 0 Å². The molecule has 5 nitrogen and oxygen atoms in total.